The standard InChI is InChI=1S/C15H12BNO4/c1-19-15-6-10(8-17)2-5-14(15)21-12-4-3-11-9-20-16(18)13(11)7-12/h2-7,18H,9H2,1H3. The van der Waals surface area contributed by atoms with Crippen LogP contribution in [0, 0.1) is 11.3 Å². The molecule has 0 amide bonds. The van der Waals surface area contributed by atoms with Crippen molar-refractivity contribution in [1.29, 1.82) is 5.26 Å². The van der Waals surface area contributed by atoms with Gasteiger partial charge in [0.05, 0.1) is 25.3 Å². The lowest BCUT2D eigenvalue weighted by atomic mass is 9.79. The summed E-state index contributed by atoms with van der Waals surface area (Å²) < 4.78 is 16.1. The fourth-order valence-corrected chi connectivity index (χ4v) is 2.20. The molecule has 2 aromatic rings. The Morgan fingerprint density at radius 1 is 1.24 bits per heavy atom. The molecule has 3 rings (SSSR count). The van der Waals surface area contributed by atoms with Crippen LogP contribution in [0.5, 0.6) is 17.2 Å². The van der Waals surface area contributed by atoms with Crippen LogP contribution in [0.2, 0.25) is 0 Å². The van der Waals surface area contributed by atoms with Gasteiger partial charge in [0.15, 0.2) is 11.5 Å². The van der Waals surface area contributed by atoms with Gasteiger partial charge < -0.3 is 19.2 Å². The van der Waals surface area contributed by atoms with Gasteiger partial charge in [0, 0.05) is 6.07 Å². The van der Waals surface area contributed by atoms with Crippen LogP contribution in [0.25, 0.3) is 0 Å². The van der Waals surface area contributed by atoms with E-state index < -0.39 is 7.12 Å². The van der Waals surface area contributed by atoms with Crippen LogP contribution in [0.15, 0.2) is 36.4 Å². The molecule has 21 heavy (non-hydrogen) atoms. The second-order valence-electron chi connectivity index (χ2n) is 4.60. The SMILES string of the molecule is COc1cc(C#N)ccc1Oc1ccc2c(c1)B(O)OC2. The number of benzene rings is 2. The number of nitriles is 1. The second-order valence-corrected chi connectivity index (χ2v) is 4.60. The van der Waals surface area contributed by atoms with E-state index in [0.717, 1.165) is 5.56 Å². The van der Waals surface area contributed by atoms with Crippen molar-refractivity contribution in [2.24, 2.45) is 0 Å². The largest absolute Gasteiger partial charge is 0.493 e. The van der Waals surface area contributed by atoms with Gasteiger partial charge in [-0.05, 0) is 35.3 Å². The average molecular weight is 281 g/mol. The van der Waals surface area contributed by atoms with Crippen LogP contribution in [0.4, 0.5) is 0 Å². The molecule has 2 aromatic carbocycles. The molecule has 1 aliphatic heterocycles. The van der Waals surface area contributed by atoms with Gasteiger partial charge in [0.1, 0.15) is 5.75 Å². The number of methoxy groups -OCH3 is 1. The smallest absolute Gasteiger partial charge is 0.491 e. The molecular formula is C15H12BNO4. The molecule has 1 N–H and O–H groups in total. The van der Waals surface area contributed by atoms with Gasteiger partial charge >= 0.3 is 7.12 Å². The average Bonchev–Trinajstić information content (AvgIpc) is 2.89. The Kier molecular flexibility index (Phi) is 3.52. The molecule has 0 atom stereocenters. The number of hydrogen-bond acceptors (Lipinski definition) is 5. The van der Waals surface area contributed by atoms with Gasteiger partial charge in [-0.15, -0.1) is 0 Å². The van der Waals surface area contributed by atoms with Crippen LogP contribution >= 0.6 is 0 Å². The number of ether oxygens (including phenoxy) is 2. The molecule has 0 fully saturated rings. The lowest BCUT2D eigenvalue weighted by molar-refractivity contribution is 0.275. The summed E-state index contributed by atoms with van der Waals surface area (Å²) in [6, 6.07) is 12.4. The van der Waals surface area contributed by atoms with E-state index in [1.165, 1.54) is 7.11 Å². The quantitative estimate of drug-likeness (QED) is 0.865. The Bertz CT molecular complexity index is 726. The molecule has 0 spiro atoms. The van der Waals surface area contributed by atoms with E-state index in [-0.39, 0.29) is 0 Å². The maximum atomic E-state index is 9.70. The van der Waals surface area contributed by atoms with Crippen LogP contribution in [-0.4, -0.2) is 19.3 Å². The molecule has 0 saturated heterocycles. The van der Waals surface area contributed by atoms with Crippen molar-refractivity contribution in [3.8, 4) is 23.3 Å². The van der Waals surface area contributed by atoms with E-state index in [2.05, 4.69) is 0 Å². The zero-order valence-electron chi connectivity index (χ0n) is 11.4. The molecule has 0 aromatic heterocycles. The van der Waals surface area contributed by atoms with E-state index in [9.17, 15) is 5.02 Å². The van der Waals surface area contributed by atoms with Gasteiger partial charge in [-0.3, -0.25) is 0 Å². The van der Waals surface area contributed by atoms with Crippen molar-refractivity contribution < 1.29 is 19.2 Å². The number of fused-ring (bicyclic) bond motifs is 1. The highest BCUT2D eigenvalue weighted by atomic mass is 16.5. The summed E-state index contributed by atoms with van der Waals surface area (Å²) in [5.41, 5.74) is 2.15. The highest BCUT2D eigenvalue weighted by Crippen LogP contribution is 2.32. The van der Waals surface area contributed by atoms with Gasteiger partial charge in [0.2, 0.25) is 0 Å². The van der Waals surface area contributed by atoms with E-state index >= 15 is 0 Å². The molecule has 5 nitrogen and oxygen atoms in total. The summed E-state index contributed by atoms with van der Waals surface area (Å²) >= 11 is 0. The first-order valence-electron chi connectivity index (χ1n) is 6.40. The Hall–Kier alpha value is -2.49. The zero-order chi connectivity index (χ0) is 14.8. The minimum Gasteiger partial charge on any atom is -0.493 e. The number of rotatable bonds is 3. The molecular weight excluding hydrogens is 269 g/mol. The highest BCUT2D eigenvalue weighted by Gasteiger charge is 2.27. The van der Waals surface area contributed by atoms with Crippen molar-refractivity contribution in [2.45, 2.75) is 6.61 Å². The Morgan fingerprint density at radius 3 is 2.86 bits per heavy atom. The van der Waals surface area contributed by atoms with Crippen LogP contribution in [0.3, 0.4) is 0 Å². The van der Waals surface area contributed by atoms with Gasteiger partial charge in [-0.25, -0.2) is 0 Å². The molecule has 0 aliphatic carbocycles. The van der Waals surface area contributed by atoms with Crippen LogP contribution < -0.4 is 14.9 Å². The molecule has 104 valence electrons. The number of hydrogen-bond donors (Lipinski definition) is 1. The normalized spacial score (nSPS) is 12.7. The summed E-state index contributed by atoms with van der Waals surface area (Å²) in [5.74, 6) is 1.55. The second kappa shape index (κ2) is 5.48. The van der Waals surface area contributed by atoms with E-state index in [0.29, 0.717) is 34.9 Å². The lowest BCUT2D eigenvalue weighted by Crippen LogP contribution is -2.27. The summed E-state index contributed by atoms with van der Waals surface area (Å²) in [7, 11) is 0.607. The predicted molar refractivity (Wildman–Crippen MR) is 76.6 cm³/mol. The third kappa shape index (κ3) is 2.57. The first kappa shape index (κ1) is 13.5. The molecule has 6 heteroatoms. The maximum Gasteiger partial charge on any atom is 0.491 e. The summed E-state index contributed by atoms with van der Waals surface area (Å²) in [4.78, 5) is 0. The summed E-state index contributed by atoms with van der Waals surface area (Å²) in [6.07, 6.45) is 0. The van der Waals surface area contributed by atoms with Gasteiger partial charge in [0.25, 0.3) is 0 Å². The Balaban J connectivity index is 1.91. The van der Waals surface area contributed by atoms with Crippen molar-refractivity contribution in [2.75, 3.05) is 7.11 Å². The van der Waals surface area contributed by atoms with E-state index in [1.807, 2.05) is 12.1 Å². The van der Waals surface area contributed by atoms with Crippen molar-refractivity contribution >= 4 is 12.6 Å². The fourth-order valence-electron chi connectivity index (χ4n) is 2.20. The minimum absolute atomic E-state index is 0.400. The third-order valence-corrected chi connectivity index (χ3v) is 3.30. The molecule has 1 aliphatic rings. The predicted octanol–water partition coefficient (Wildman–Crippen LogP) is 1.58. The third-order valence-electron chi connectivity index (χ3n) is 3.30. The monoisotopic (exact) mass is 281 g/mol. The zero-order valence-corrected chi connectivity index (χ0v) is 11.4. The Morgan fingerprint density at radius 2 is 2.10 bits per heavy atom. The summed E-state index contributed by atoms with van der Waals surface area (Å²) in [6.45, 7) is 0.400. The van der Waals surface area contributed by atoms with Gasteiger partial charge in [-0.1, -0.05) is 6.07 Å². The topological polar surface area (TPSA) is 71.7 Å². The van der Waals surface area contributed by atoms with Crippen molar-refractivity contribution in [3.05, 3.63) is 47.5 Å². The highest BCUT2D eigenvalue weighted by molar-refractivity contribution is 6.61. The summed E-state index contributed by atoms with van der Waals surface area (Å²) in [5, 5.41) is 18.6. The van der Waals surface area contributed by atoms with Crippen molar-refractivity contribution in [1.82, 2.24) is 0 Å². The fraction of sp³-hybridized carbons (Fsp3) is 0.133. The maximum absolute atomic E-state index is 9.70. The molecule has 0 saturated carbocycles. The van der Waals surface area contributed by atoms with Crippen molar-refractivity contribution in [3.63, 3.8) is 0 Å². The minimum atomic E-state index is -0.911. The first-order valence-corrected chi connectivity index (χ1v) is 6.40. The molecule has 1 heterocycles. The van der Waals surface area contributed by atoms with Crippen LogP contribution in [0.1, 0.15) is 11.1 Å². The van der Waals surface area contributed by atoms with Gasteiger partial charge in [-0.2, -0.15) is 5.26 Å². The van der Waals surface area contributed by atoms with E-state index in [4.69, 9.17) is 19.4 Å². The molecule has 0 radical (unpaired) electrons. The molecule has 0 bridgehead atoms. The Labute approximate surface area is 122 Å². The number of nitrogens with zero attached hydrogens (tertiary/aromatic N) is 1. The first-order chi connectivity index (χ1) is 10.2. The van der Waals surface area contributed by atoms with E-state index in [1.54, 1.807) is 30.3 Å². The molecule has 0 unspecified atom stereocenters. The van der Waals surface area contributed by atoms with Crippen LogP contribution in [-0.2, 0) is 11.3 Å². The lowest BCUT2D eigenvalue weighted by Gasteiger charge is -2.11.